The molecule has 1 saturated heterocycles. The molecule has 0 saturated carbocycles. The van der Waals surface area contributed by atoms with Crippen LogP contribution in [0.3, 0.4) is 0 Å². The van der Waals surface area contributed by atoms with Crippen LogP contribution in [0.4, 0.5) is 0 Å². The lowest BCUT2D eigenvalue weighted by Gasteiger charge is -2.21. The molecule has 5 heteroatoms. The SMILES string of the molecule is O=C1N=C2COCC2n2ccc(=O)cc21. The normalized spacial score (nSPS) is 23.3. The number of rotatable bonds is 0. The number of hydrogen-bond acceptors (Lipinski definition) is 3. The Hall–Kier alpha value is -1.75. The predicted molar refractivity (Wildman–Crippen MR) is 52.3 cm³/mol. The molecular formula is C10H8N2O3. The van der Waals surface area contributed by atoms with Gasteiger partial charge in [-0.25, -0.2) is 4.99 Å². The van der Waals surface area contributed by atoms with Gasteiger partial charge in [0.1, 0.15) is 5.69 Å². The number of fused-ring (bicyclic) bond motifs is 3. The average molecular weight is 204 g/mol. The third-order valence-corrected chi connectivity index (χ3v) is 2.67. The van der Waals surface area contributed by atoms with Gasteiger partial charge in [-0.3, -0.25) is 9.59 Å². The fourth-order valence-corrected chi connectivity index (χ4v) is 1.94. The molecule has 76 valence electrons. The number of aromatic nitrogens is 1. The maximum absolute atomic E-state index is 11.6. The number of aliphatic imine (C=N–C) groups is 1. The minimum Gasteiger partial charge on any atom is -0.373 e. The van der Waals surface area contributed by atoms with E-state index in [-0.39, 0.29) is 17.4 Å². The van der Waals surface area contributed by atoms with Gasteiger partial charge in [-0.1, -0.05) is 0 Å². The number of ether oxygens (including phenoxy) is 1. The summed E-state index contributed by atoms with van der Waals surface area (Å²) >= 11 is 0. The Bertz CT molecular complexity index is 530. The molecular weight excluding hydrogens is 196 g/mol. The quantitative estimate of drug-likeness (QED) is 0.598. The van der Waals surface area contributed by atoms with Crippen LogP contribution in [0, 0.1) is 0 Å². The van der Waals surface area contributed by atoms with E-state index >= 15 is 0 Å². The molecule has 1 aromatic heterocycles. The number of carbonyl (C=O) groups is 1. The van der Waals surface area contributed by atoms with Gasteiger partial charge in [0.05, 0.1) is 25.0 Å². The molecule has 5 nitrogen and oxygen atoms in total. The van der Waals surface area contributed by atoms with Gasteiger partial charge in [-0.2, -0.15) is 0 Å². The van der Waals surface area contributed by atoms with E-state index in [1.807, 2.05) is 0 Å². The Morgan fingerprint density at radius 1 is 1.47 bits per heavy atom. The largest absolute Gasteiger partial charge is 0.373 e. The second-order valence-corrected chi connectivity index (χ2v) is 3.59. The van der Waals surface area contributed by atoms with Crippen molar-refractivity contribution in [2.45, 2.75) is 6.04 Å². The minimum absolute atomic E-state index is 0.0155. The van der Waals surface area contributed by atoms with Gasteiger partial charge < -0.3 is 9.30 Å². The Labute approximate surface area is 85.0 Å². The number of nitrogens with zero attached hydrogens (tertiary/aromatic N) is 2. The molecule has 15 heavy (non-hydrogen) atoms. The number of carbonyl (C=O) groups excluding carboxylic acids is 1. The number of pyridine rings is 1. The molecule has 1 aromatic rings. The van der Waals surface area contributed by atoms with E-state index in [9.17, 15) is 9.59 Å². The molecule has 1 atom stereocenters. The molecule has 0 spiro atoms. The topological polar surface area (TPSA) is 60.7 Å². The standard InChI is InChI=1S/C10H8N2O3/c13-6-1-2-12-8(3-6)10(14)11-7-4-15-5-9(7)12/h1-3,9H,4-5H2. The highest BCUT2D eigenvalue weighted by Gasteiger charge is 2.32. The van der Waals surface area contributed by atoms with E-state index in [0.717, 1.165) is 5.71 Å². The van der Waals surface area contributed by atoms with Gasteiger partial charge in [0, 0.05) is 18.3 Å². The highest BCUT2D eigenvalue weighted by molar-refractivity contribution is 6.08. The van der Waals surface area contributed by atoms with Crippen molar-refractivity contribution in [1.82, 2.24) is 4.57 Å². The van der Waals surface area contributed by atoms with Crippen LogP contribution >= 0.6 is 0 Å². The van der Waals surface area contributed by atoms with E-state index in [1.165, 1.54) is 12.1 Å². The molecule has 1 unspecified atom stereocenters. The van der Waals surface area contributed by atoms with Crippen molar-refractivity contribution in [3.05, 3.63) is 34.2 Å². The highest BCUT2D eigenvalue weighted by atomic mass is 16.5. The summed E-state index contributed by atoms with van der Waals surface area (Å²) < 4.78 is 7.01. The number of amides is 1. The summed E-state index contributed by atoms with van der Waals surface area (Å²) in [4.78, 5) is 26.6. The fraction of sp³-hybridized carbons (Fsp3) is 0.300. The van der Waals surface area contributed by atoms with Crippen LogP contribution in [-0.2, 0) is 4.74 Å². The summed E-state index contributed by atoms with van der Waals surface area (Å²) in [7, 11) is 0. The summed E-state index contributed by atoms with van der Waals surface area (Å²) in [6.45, 7) is 0.921. The van der Waals surface area contributed by atoms with Crippen LogP contribution in [0.5, 0.6) is 0 Å². The molecule has 0 N–H and O–H groups in total. The van der Waals surface area contributed by atoms with Gasteiger partial charge in [0.25, 0.3) is 5.91 Å². The average Bonchev–Trinajstić information content (AvgIpc) is 2.66. The molecule has 0 aromatic carbocycles. The van der Waals surface area contributed by atoms with Crippen LogP contribution in [-0.4, -0.2) is 29.4 Å². The molecule has 2 aliphatic heterocycles. The highest BCUT2D eigenvalue weighted by Crippen LogP contribution is 2.23. The van der Waals surface area contributed by atoms with Crippen molar-refractivity contribution in [1.29, 1.82) is 0 Å². The molecule has 1 fully saturated rings. The van der Waals surface area contributed by atoms with Crippen LogP contribution in [0.1, 0.15) is 16.5 Å². The zero-order chi connectivity index (χ0) is 10.4. The van der Waals surface area contributed by atoms with Crippen molar-refractivity contribution in [2.24, 2.45) is 4.99 Å². The first-order valence-electron chi connectivity index (χ1n) is 4.67. The van der Waals surface area contributed by atoms with Crippen LogP contribution in [0.15, 0.2) is 28.1 Å². The smallest absolute Gasteiger partial charge is 0.293 e. The first-order valence-corrected chi connectivity index (χ1v) is 4.67. The van der Waals surface area contributed by atoms with Crippen molar-refractivity contribution in [2.75, 3.05) is 13.2 Å². The molecule has 1 amide bonds. The van der Waals surface area contributed by atoms with E-state index in [1.54, 1.807) is 10.8 Å². The summed E-state index contributed by atoms with van der Waals surface area (Å²) in [5.74, 6) is -0.357. The van der Waals surface area contributed by atoms with E-state index < -0.39 is 0 Å². The van der Waals surface area contributed by atoms with Gasteiger partial charge in [0.15, 0.2) is 5.43 Å². The van der Waals surface area contributed by atoms with Crippen molar-refractivity contribution < 1.29 is 9.53 Å². The van der Waals surface area contributed by atoms with Gasteiger partial charge in [0.2, 0.25) is 0 Å². The summed E-state index contributed by atoms with van der Waals surface area (Å²) in [5, 5.41) is 0. The Balaban J connectivity index is 2.24. The van der Waals surface area contributed by atoms with Crippen LogP contribution in [0.2, 0.25) is 0 Å². The zero-order valence-electron chi connectivity index (χ0n) is 7.84. The molecule has 3 heterocycles. The van der Waals surface area contributed by atoms with Crippen molar-refractivity contribution in [3.8, 4) is 0 Å². The van der Waals surface area contributed by atoms with Crippen molar-refractivity contribution in [3.63, 3.8) is 0 Å². The predicted octanol–water partition coefficient (Wildman–Crippen LogP) is 0.0144. The Kier molecular flexibility index (Phi) is 1.63. The lowest BCUT2D eigenvalue weighted by Crippen LogP contribution is -2.29. The second kappa shape index (κ2) is 2.87. The molecule has 0 radical (unpaired) electrons. The Morgan fingerprint density at radius 2 is 2.33 bits per heavy atom. The van der Waals surface area contributed by atoms with E-state index in [0.29, 0.717) is 18.9 Å². The van der Waals surface area contributed by atoms with E-state index in [4.69, 9.17) is 4.74 Å². The third kappa shape index (κ3) is 1.16. The van der Waals surface area contributed by atoms with E-state index in [2.05, 4.69) is 4.99 Å². The fourth-order valence-electron chi connectivity index (χ4n) is 1.94. The second-order valence-electron chi connectivity index (χ2n) is 3.59. The lowest BCUT2D eigenvalue weighted by atomic mass is 10.1. The maximum atomic E-state index is 11.6. The maximum Gasteiger partial charge on any atom is 0.293 e. The molecule has 3 rings (SSSR count). The molecule has 0 aliphatic carbocycles. The number of hydrogen-bond donors (Lipinski definition) is 0. The van der Waals surface area contributed by atoms with Gasteiger partial charge >= 0.3 is 0 Å². The van der Waals surface area contributed by atoms with Crippen LogP contribution in [0.25, 0.3) is 0 Å². The first-order chi connectivity index (χ1) is 7.25. The lowest BCUT2D eigenvalue weighted by molar-refractivity contribution is 0.0986. The summed E-state index contributed by atoms with van der Waals surface area (Å²) in [6.07, 6.45) is 1.63. The minimum atomic E-state index is -0.357. The molecule has 0 bridgehead atoms. The van der Waals surface area contributed by atoms with Gasteiger partial charge in [-0.15, -0.1) is 0 Å². The monoisotopic (exact) mass is 204 g/mol. The zero-order valence-corrected chi connectivity index (χ0v) is 7.84. The van der Waals surface area contributed by atoms with Gasteiger partial charge in [-0.05, 0) is 0 Å². The summed E-state index contributed by atoms with van der Waals surface area (Å²) in [6, 6.07) is 2.75. The third-order valence-electron chi connectivity index (χ3n) is 2.67. The van der Waals surface area contributed by atoms with Crippen molar-refractivity contribution >= 4 is 11.6 Å². The van der Waals surface area contributed by atoms with Crippen LogP contribution < -0.4 is 5.43 Å². The first kappa shape index (κ1) is 8.55. The summed E-state index contributed by atoms with van der Waals surface area (Å²) in [5.41, 5.74) is 0.921. The molecule has 2 aliphatic rings. The Morgan fingerprint density at radius 3 is 3.20 bits per heavy atom.